The lowest BCUT2D eigenvalue weighted by atomic mass is 10.6. The van der Waals surface area contributed by atoms with Gasteiger partial charge >= 0.3 is 5.30 Å². The van der Waals surface area contributed by atoms with E-state index < -0.39 is 0 Å². The predicted octanol–water partition coefficient (Wildman–Crippen LogP) is 2.66. The normalized spacial score (nSPS) is 12.7. The lowest BCUT2D eigenvalue weighted by Crippen LogP contribution is -2.01. The fourth-order valence-corrected chi connectivity index (χ4v) is 1.31. The van der Waals surface area contributed by atoms with Crippen LogP contribution in [0.15, 0.2) is 0 Å². The molecule has 0 rings (SSSR count). The first kappa shape index (κ1) is 10.3. The molecule has 0 fully saturated rings. The van der Waals surface area contributed by atoms with Crippen LogP contribution in [-0.4, -0.2) is 22.5 Å². The van der Waals surface area contributed by atoms with Gasteiger partial charge < -0.3 is 4.74 Å². The molecule has 0 heterocycles. The SMILES string of the molecule is CCOC(=O)SC[C@H](C)Br. The highest BCUT2D eigenvalue weighted by Gasteiger charge is 2.03. The van der Waals surface area contributed by atoms with Crippen LogP contribution in [-0.2, 0) is 4.74 Å². The Kier molecular flexibility index (Phi) is 6.22. The number of hydrogen-bond donors (Lipinski definition) is 0. The van der Waals surface area contributed by atoms with Crippen molar-refractivity contribution < 1.29 is 9.53 Å². The minimum atomic E-state index is -0.186. The van der Waals surface area contributed by atoms with Gasteiger partial charge in [0, 0.05) is 10.6 Å². The molecule has 2 nitrogen and oxygen atoms in total. The molecule has 0 aromatic rings. The van der Waals surface area contributed by atoms with Crippen LogP contribution in [0.3, 0.4) is 0 Å². The van der Waals surface area contributed by atoms with Crippen molar-refractivity contribution in [1.29, 1.82) is 0 Å². The van der Waals surface area contributed by atoms with Gasteiger partial charge in [-0.3, -0.25) is 0 Å². The van der Waals surface area contributed by atoms with Crippen LogP contribution in [0.4, 0.5) is 4.79 Å². The molecule has 60 valence electrons. The highest BCUT2D eigenvalue weighted by Crippen LogP contribution is 2.11. The van der Waals surface area contributed by atoms with Gasteiger partial charge in [0.05, 0.1) is 6.61 Å². The lowest BCUT2D eigenvalue weighted by Gasteiger charge is -2.01. The Hall–Kier alpha value is 0.300. The van der Waals surface area contributed by atoms with Gasteiger partial charge in [-0.15, -0.1) is 0 Å². The van der Waals surface area contributed by atoms with Gasteiger partial charge in [-0.05, 0) is 18.7 Å². The molecule has 0 unspecified atom stereocenters. The Labute approximate surface area is 73.8 Å². The van der Waals surface area contributed by atoms with E-state index in [1.807, 2.05) is 6.92 Å². The van der Waals surface area contributed by atoms with Crippen molar-refractivity contribution >= 4 is 33.0 Å². The zero-order valence-corrected chi connectivity index (χ0v) is 8.50. The number of rotatable bonds is 3. The molecule has 0 amide bonds. The number of carbonyl (C=O) groups excluding carboxylic acids is 1. The summed E-state index contributed by atoms with van der Waals surface area (Å²) in [5.74, 6) is 0.763. The fraction of sp³-hybridized carbons (Fsp3) is 0.833. The summed E-state index contributed by atoms with van der Waals surface area (Å²) in [5, 5.41) is -0.186. The van der Waals surface area contributed by atoms with E-state index in [4.69, 9.17) is 4.74 Å². The molecule has 0 aliphatic heterocycles. The molecule has 0 saturated carbocycles. The van der Waals surface area contributed by atoms with Crippen molar-refractivity contribution in [3.05, 3.63) is 0 Å². The van der Waals surface area contributed by atoms with Crippen molar-refractivity contribution in [2.24, 2.45) is 0 Å². The first-order chi connectivity index (χ1) is 4.66. The summed E-state index contributed by atoms with van der Waals surface area (Å²) >= 11 is 4.53. The molecule has 0 spiro atoms. The van der Waals surface area contributed by atoms with Crippen LogP contribution >= 0.6 is 27.7 Å². The van der Waals surface area contributed by atoms with E-state index in [1.165, 1.54) is 11.8 Å². The Balaban J connectivity index is 3.22. The molecule has 0 bridgehead atoms. The van der Waals surface area contributed by atoms with Gasteiger partial charge in [0.1, 0.15) is 0 Å². The highest BCUT2D eigenvalue weighted by atomic mass is 79.9. The van der Waals surface area contributed by atoms with Crippen LogP contribution in [0, 0.1) is 0 Å². The van der Waals surface area contributed by atoms with E-state index in [0.717, 1.165) is 5.75 Å². The first-order valence-corrected chi connectivity index (χ1v) is 5.00. The van der Waals surface area contributed by atoms with Crippen molar-refractivity contribution in [2.45, 2.75) is 18.7 Å². The van der Waals surface area contributed by atoms with Gasteiger partial charge in [-0.25, -0.2) is 4.79 Å². The first-order valence-electron chi connectivity index (χ1n) is 3.10. The van der Waals surface area contributed by atoms with Crippen molar-refractivity contribution in [1.82, 2.24) is 0 Å². The number of hydrogen-bond acceptors (Lipinski definition) is 3. The molecule has 4 heteroatoms. The Bertz CT molecular complexity index is 106. The summed E-state index contributed by atoms with van der Waals surface area (Å²) in [5.41, 5.74) is 0. The van der Waals surface area contributed by atoms with E-state index in [0.29, 0.717) is 11.4 Å². The third-order valence-electron chi connectivity index (χ3n) is 0.693. The lowest BCUT2D eigenvalue weighted by molar-refractivity contribution is 0.181. The zero-order valence-electron chi connectivity index (χ0n) is 6.09. The minimum absolute atomic E-state index is 0.186. The van der Waals surface area contributed by atoms with E-state index >= 15 is 0 Å². The van der Waals surface area contributed by atoms with Crippen molar-refractivity contribution in [3.8, 4) is 0 Å². The summed E-state index contributed by atoms with van der Waals surface area (Å²) in [4.78, 5) is 11.0. The van der Waals surface area contributed by atoms with Crippen molar-refractivity contribution in [2.75, 3.05) is 12.4 Å². The maximum Gasteiger partial charge on any atom is 0.367 e. The van der Waals surface area contributed by atoms with Crippen LogP contribution in [0.1, 0.15) is 13.8 Å². The molecule has 0 radical (unpaired) electrons. The average Bonchev–Trinajstić information content (AvgIpc) is 1.85. The molecule has 0 aliphatic carbocycles. The standard InChI is InChI=1S/C6H11BrO2S/c1-3-9-6(8)10-4-5(2)7/h5H,3-4H2,1-2H3/t5-/m0/s1. The van der Waals surface area contributed by atoms with Gasteiger partial charge in [0.15, 0.2) is 0 Å². The zero-order chi connectivity index (χ0) is 7.98. The molecule has 0 aliphatic rings. The Morgan fingerprint density at radius 1 is 1.80 bits per heavy atom. The van der Waals surface area contributed by atoms with Crippen LogP contribution in [0.25, 0.3) is 0 Å². The Morgan fingerprint density at radius 2 is 2.40 bits per heavy atom. The van der Waals surface area contributed by atoms with E-state index in [1.54, 1.807) is 6.92 Å². The van der Waals surface area contributed by atoms with Crippen LogP contribution in [0.5, 0.6) is 0 Å². The monoisotopic (exact) mass is 226 g/mol. The highest BCUT2D eigenvalue weighted by molar-refractivity contribution is 9.09. The molecule has 10 heavy (non-hydrogen) atoms. The second-order valence-corrected chi connectivity index (χ2v) is 4.29. The summed E-state index contributed by atoms with van der Waals surface area (Å²) in [6, 6.07) is 0. The molecule has 0 N–H and O–H groups in total. The van der Waals surface area contributed by atoms with Gasteiger partial charge in [0.25, 0.3) is 0 Å². The fourth-order valence-electron chi connectivity index (χ4n) is 0.342. The average molecular weight is 227 g/mol. The molecule has 0 aromatic heterocycles. The molecular weight excluding hydrogens is 216 g/mol. The van der Waals surface area contributed by atoms with Gasteiger partial charge in [-0.2, -0.15) is 0 Å². The summed E-state index contributed by atoms with van der Waals surface area (Å²) in [6.45, 7) is 4.25. The summed E-state index contributed by atoms with van der Waals surface area (Å²) in [6.07, 6.45) is 0. The largest absolute Gasteiger partial charge is 0.458 e. The van der Waals surface area contributed by atoms with E-state index in [9.17, 15) is 4.79 Å². The maximum absolute atomic E-state index is 10.7. The predicted molar refractivity (Wildman–Crippen MR) is 47.9 cm³/mol. The molecular formula is C6H11BrO2S. The Morgan fingerprint density at radius 3 is 2.80 bits per heavy atom. The third-order valence-corrected chi connectivity index (χ3v) is 2.47. The van der Waals surface area contributed by atoms with Crippen LogP contribution in [0.2, 0.25) is 0 Å². The summed E-state index contributed by atoms with van der Waals surface area (Å²) < 4.78 is 4.70. The number of carbonyl (C=O) groups is 1. The smallest absolute Gasteiger partial charge is 0.367 e. The maximum atomic E-state index is 10.7. The topological polar surface area (TPSA) is 26.3 Å². The quantitative estimate of drug-likeness (QED) is 0.547. The van der Waals surface area contributed by atoms with Crippen LogP contribution < -0.4 is 0 Å². The number of alkyl halides is 1. The van der Waals surface area contributed by atoms with Gasteiger partial charge in [-0.1, -0.05) is 22.9 Å². The van der Waals surface area contributed by atoms with E-state index in [-0.39, 0.29) is 5.30 Å². The molecule has 0 saturated heterocycles. The number of halogens is 1. The minimum Gasteiger partial charge on any atom is -0.458 e. The second-order valence-electron chi connectivity index (χ2n) is 1.77. The molecule has 0 aromatic carbocycles. The second kappa shape index (κ2) is 6.04. The molecule has 1 atom stereocenters. The third kappa shape index (κ3) is 6.42. The number of thioether (sulfide) groups is 1. The van der Waals surface area contributed by atoms with Crippen molar-refractivity contribution in [3.63, 3.8) is 0 Å². The van der Waals surface area contributed by atoms with Gasteiger partial charge in [0.2, 0.25) is 0 Å². The van der Waals surface area contributed by atoms with E-state index in [2.05, 4.69) is 15.9 Å². The number of ether oxygens (including phenoxy) is 1. The summed E-state index contributed by atoms with van der Waals surface area (Å²) in [7, 11) is 0.